The largest absolute Gasteiger partial charge is 0.453 e. The van der Waals surface area contributed by atoms with E-state index in [-0.39, 0.29) is 6.09 Å². The summed E-state index contributed by atoms with van der Waals surface area (Å²) in [5, 5.41) is 0. The van der Waals surface area contributed by atoms with Crippen molar-refractivity contribution in [2.45, 2.75) is 31.8 Å². The Balaban J connectivity index is 1.59. The smallest absolute Gasteiger partial charge is 0.409 e. The van der Waals surface area contributed by atoms with Crippen molar-refractivity contribution in [1.29, 1.82) is 0 Å². The maximum Gasteiger partial charge on any atom is 0.409 e. The van der Waals surface area contributed by atoms with Crippen molar-refractivity contribution in [1.82, 2.24) is 9.80 Å². The summed E-state index contributed by atoms with van der Waals surface area (Å²) in [6.07, 6.45) is 3.06. The van der Waals surface area contributed by atoms with E-state index in [9.17, 15) is 4.79 Å². The van der Waals surface area contributed by atoms with E-state index in [0.29, 0.717) is 6.04 Å². The molecule has 0 atom stereocenters. The number of ether oxygens (including phenoxy) is 1. The quantitative estimate of drug-likeness (QED) is 0.787. The first-order valence-corrected chi connectivity index (χ1v) is 7.41. The van der Waals surface area contributed by atoms with Crippen molar-refractivity contribution in [2.24, 2.45) is 0 Å². The number of rotatable bonds is 1. The average Bonchev–Trinajstić information content (AvgIpc) is 2.54. The molecule has 108 valence electrons. The molecule has 0 spiro atoms. The summed E-state index contributed by atoms with van der Waals surface area (Å²) in [4.78, 5) is 15.9. The molecule has 2 aliphatic rings. The standard InChI is InChI=1S/C16H22N2O2/c1-20-16(19)17-10-7-15(8-11-17)18-9-6-13-4-2-3-5-14(13)12-18/h2-5,15H,6-12H2,1H3. The molecule has 4 nitrogen and oxygen atoms in total. The second-order valence-electron chi connectivity index (χ2n) is 5.68. The first kappa shape index (κ1) is 13.4. The highest BCUT2D eigenvalue weighted by molar-refractivity contribution is 5.67. The maximum atomic E-state index is 11.5. The van der Waals surface area contributed by atoms with Crippen molar-refractivity contribution in [2.75, 3.05) is 26.7 Å². The highest BCUT2D eigenvalue weighted by Crippen LogP contribution is 2.24. The lowest BCUT2D eigenvalue weighted by Crippen LogP contribution is -2.48. The fourth-order valence-corrected chi connectivity index (χ4v) is 3.37. The van der Waals surface area contributed by atoms with Gasteiger partial charge in [0.25, 0.3) is 0 Å². The lowest BCUT2D eigenvalue weighted by molar-refractivity contribution is 0.0790. The molecule has 0 aliphatic carbocycles. The molecular weight excluding hydrogens is 252 g/mol. The lowest BCUT2D eigenvalue weighted by atomic mass is 9.95. The molecule has 1 fully saturated rings. The highest BCUT2D eigenvalue weighted by atomic mass is 16.5. The van der Waals surface area contributed by atoms with Crippen LogP contribution >= 0.6 is 0 Å². The highest BCUT2D eigenvalue weighted by Gasteiger charge is 2.28. The zero-order valence-electron chi connectivity index (χ0n) is 12.0. The third kappa shape index (κ3) is 2.66. The van der Waals surface area contributed by atoms with E-state index in [1.165, 1.54) is 18.2 Å². The number of hydrogen-bond donors (Lipinski definition) is 0. The van der Waals surface area contributed by atoms with Gasteiger partial charge in [0.15, 0.2) is 0 Å². The van der Waals surface area contributed by atoms with E-state index in [0.717, 1.165) is 45.4 Å². The van der Waals surface area contributed by atoms with Crippen LogP contribution in [-0.4, -0.2) is 48.7 Å². The maximum absolute atomic E-state index is 11.5. The SMILES string of the molecule is COC(=O)N1CCC(N2CCc3ccccc3C2)CC1. The molecule has 3 rings (SSSR count). The zero-order valence-corrected chi connectivity index (χ0v) is 12.0. The van der Waals surface area contributed by atoms with Gasteiger partial charge in [-0.2, -0.15) is 0 Å². The first-order chi connectivity index (χ1) is 9.78. The molecule has 20 heavy (non-hydrogen) atoms. The Bertz CT molecular complexity index is 481. The van der Waals surface area contributed by atoms with E-state index in [4.69, 9.17) is 4.74 Å². The summed E-state index contributed by atoms with van der Waals surface area (Å²) in [6.45, 7) is 3.82. The number of amides is 1. The molecule has 1 aromatic rings. The number of benzene rings is 1. The van der Waals surface area contributed by atoms with Gasteiger partial charge in [0.1, 0.15) is 0 Å². The molecule has 1 amide bonds. The Morgan fingerprint density at radius 2 is 1.85 bits per heavy atom. The van der Waals surface area contributed by atoms with Gasteiger partial charge in [0.2, 0.25) is 0 Å². The number of likely N-dealkylation sites (tertiary alicyclic amines) is 1. The normalized spacial score (nSPS) is 20.6. The number of carbonyl (C=O) groups is 1. The van der Waals surface area contributed by atoms with Crippen LogP contribution in [0.2, 0.25) is 0 Å². The number of fused-ring (bicyclic) bond motifs is 1. The number of methoxy groups -OCH3 is 1. The molecule has 0 N–H and O–H groups in total. The Kier molecular flexibility index (Phi) is 3.92. The van der Waals surface area contributed by atoms with Crippen LogP contribution in [0.4, 0.5) is 4.79 Å². The molecule has 0 unspecified atom stereocenters. The fourth-order valence-electron chi connectivity index (χ4n) is 3.37. The van der Waals surface area contributed by atoms with Gasteiger partial charge >= 0.3 is 6.09 Å². The molecule has 0 aromatic heterocycles. The van der Waals surface area contributed by atoms with E-state index in [1.807, 2.05) is 4.90 Å². The molecular formula is C16H22N2O2. The predicted molar refractivity (Wildman–Crippen MR) is 77.6 cm³/mol. The Morgan fingerprint density at radius 3 is 2.55 bits per heavy atom. The molecule has 2 aliphatic heterocycles. The van der Waals surface area contributed by atoms with Crippen LogP contribution in [0.15, 0.2) is 24.3 Å². The second kappa shape index (κ2) is 5.83. The molecule has 0 bridgehead atoms. The number of carbonyl (C=O) groups excluding carboxylic acids is 1. The Hall–Kier alpha value is -1.55. The summed E-state index contributed by atoms with van der Waals surface area (Å²) in [6, 6.07) is 9.34. The molecule has 0 saturated carbocycles. The second-order valence-corrected chi connectivity index (χ2v) is 5.68. The van der Waals surface area contributed by atoms with Crippen molar-refractivity contribution in [3.63, 3.8) is 0 Å². The van der Waals surface area contributed by atoms with Gasteiger partial charge in [-0.3, -0.25) is 4.90 Å². The van der Waals surface area contributed by atoms with Crippen molar-refractivity contribution in [3.05, 3.63) is 35.4 Å². The fraction of sp³-hybridized carbons (Fsp3) is 0.562. The number of piperidine rings is 1. The van der Waals surface area contributed by atoms with E-state index in [1.54, 1.807) is 0 Å². The summed E-state index contributed by atoms with van der Waals surface area (Å²) < 4.78 is 4.79. The van der Waals surface area contributed by atoms with Gasteiger partial charge in [-0.05, 0) is 30.4 Å². The van der Waals surface area contributed by atoms with Crippen molar-refractivity contribution >= 4 is 6.09 Å². The number of nitrogens with zero attached hydrogens (tertiary/aromatic N) is 2. The molecule has 2 heterocycles. The minimum Gasteiger partial charge on any atom is -0.453 e. The van der Waals surface area contributed by atoms with Crippen LogP contribution in [0.25, 0.3) is 0 Å². The van der Waals surface area contributed by atoms with Crippen LogP contribution in [-0.2, 0) is 17.7 Å². The van der Waals surface area contributed by atoms with Crippen LogP contribution in [0.3, 0.4) is 0 Å². The van der Waals surface area contributed by atoms with Crippen molar-refractivity contribution < 1.29 is 9.53 Å². The topological polar surface area (TPSA) is 32.8 Å². The summed E-state index contributed by atoms with van der Waals surface area (Å²) in [7, 11) is 1.45. The van der Waals surface area contributed by atoms with Gasteiger partial charge in [-0.25, -0.2) is 4.79 Å². The monoisotopic (exact) mass is 274 g/mol. The van der Waals surface area contributed by atoms with E-state index < -0.39 is 0 Å². The summed E-state index contributed by atoms with van der Waals surface area (Å²) in [5.74, 6) is 0. The minimum atomic E-state index is -0.188. The number of hydrogen-bond acceptors (Lipinski definition) is 3. The van der Waals surface area contributed by atoms with Crippen LogP contribution in [0, 0.1) is 0 Å². The third-order valence-electron chi connectivity index (χ3n) is 4.57. The molecule has 1 aromatic carbocycles. The Morgan fingerprint density at radius 1 is 1.15 bits per heavy atom. The van der Waals surface area contributed by atoms with Gasteiger partial charge < -0.3 is 9.64 Å². The van der Waals surface area contributed by atoms with E-state index in [2.05, 4.69) is 29.2 Å². The average molecular weight is 274 g/mol. The van der Waals surface area contributed by atoms with Crippen LogP contribution in [0.1, 0.15) is 24.0 Å². The van der Waals surface area contributed by atoms with Gasteiger partial charge in [0, 0.05) is 32.2 Å². The van der Waals surface area contributed by atoms with Crippen LogP contribution in [0.5, 0.6) is 0 Å². The third-order valence-corrected chi connectivity index (χ3v) is 4.57. The predicted octanol–water partition coefficient (Wildman–Crippen LogP) is 2.28. The minimum absolute atomic E-state index is 0.188. The van der Waals surface area contributed by atoms with E-state index >= 15 is 0 Å². The van der Waals surface area contributed by atoms with Crippen LogP contribution < -0.4 is 0 Å². The van der Waals surface area contributed by atoms with Gasteiger partial charge in [-0.15, -0.1) is 0 Å². The molecule has 1 saturated heterocycles. The van der Waals surface area contributed by atoms with Gasteiger partial charge in [-0.1, -0.05) is 24.3 Å². The summed E-state index contributed by atoms with van der Waals surface area (Å²) in [5.41, 5.74) is 2.96. The summed E-state index contributed by atoms with van der Waals surface area (Å²) >= 11 is 0. The lowest BCUT2D eigenvalue weighted by Gasteiger charge is -2.40. The first-order valence-electron chi connectivity index (χ1n) is 7.41. The Labute approximate surface area is 120 Å². The molecule has 0 radical (unpaired) electrons. The van der Waals surface area contributed by atoms with Gasteiger partial charge in [0.05, 0.1) is 7.11 Å². The zero-order chi connectivity index (χ0) is 13.9. The molecule has 4 heteroatoms. The van der Waals surface area contributed by atoms with Crippen molar-refractivity contribution in [3.8, 4) is 0 Å².